The lowest BCUT2D eigenvalue weighted by atomic mass is 9.96. The van der Waals surface area contributed by atoms with Gasteiger partial charge in [-0.1, -0.05) is 42.5 Å². The summed E-state index contributed by atoms with van der Waals surface area (Å²) >= 11 is 6.26. The molecule has 0 aliphatic heterocycles. The average Bonchev–Trinajstić information content (AvgIpc) is 2.11. The summed E-state index contributed by atoms with van der Waals surface area (Å²) in [6.45, 7) is 6.97. The molecule has 0 unspecified atom stereocenters. The smallest absolute Gasteiger partial charge is 0.138 e. The fourth-order valence-electron chi connectivity index (χ4n) is 1.73. The maximum Gasteiger partial charge on any atom is 0.138 e. The Morgan fingerprint density at radius 3 is 2.38 bits per heavy atom. The fraction of sp³-hybridized carbons (Fsp3) is 0.538. The van der Waals surface area contributed by atoms with Crippen LogP contribution in [0, 0.1) is 0 Å². The Morgan fingerprint density at radius 2 is 1.94 bits per heavy atom. The van der Waals surface area contributed by atoms with Crippen LogP contribution in [0.15, 0.2) is 18.2 Å². The Labute approximate surface area is 104 Å². The molecule has 1 nitrogen and oxygen atoms in total. The molecule has 88 valence electrons. The number of halogens is 1. The van der Waals surface area contributed by atoms with E-state index in [1.807, 2.05) is 6.07 Å². The highest BCUT2D eigenvalue weighted by atomic mass is 35.5. The highest BCUT2D eigenvalue weighted by molar-refractivity contribution is 6.88. The molecule has 1 aliphatic rings. The van der Waals surface area contributed by atoms with E-state index in [1.165, 1.54) is 24.4 Å². The van der Waals surface area contributed by atoms with E-state index in [9.17, 15) is 0 Å². The van der Waals surface area contributed by atoms with Crippen LogP contribution in [-0.4, -0.2) is 14.2 Å². The normalized spacial score (nSPS) is 17.0. The molecule has 0 amide bonds. The minimum absolute atomic E-state index is 0.398. The van der Waals surface area contributed by atoms with Gasteiger partial charge in [-0.2, -0.15) is 0 Å². The molecular formula is C13H19ClOSi. The van der Waals surface area contributed by atoms with E-state index in [2.05, 4.69) is 31.8 Å². The summed E-state index contributed by atoms with van der Waals surface area (Å²) in [6, 6.07) is 6.29. The third-order valence-electron chi connectivity index (χ3n) is 3.14. The molecule has 1 aromatic carbocycles. The third kappa shape index (κ3) is 2.61. The van der Waals surface area contributed by atoms with Crippen LogP contribution in [0.3, 0.4) is 0 Å². The molecule has 0 saturated heterocycles. The quantitative estimate of drug-likeness (QED) is 0.746. The van der Waals surface area contributed by atoms with Gasteiger partial charge in [-0.15, -0.1) is 0 Å². The zero-order valence-electron chi connectivity index (χ0n) is 10.2. The van der Waals surface area contributed by atoms with Gasteiger partial charge < -0.3 is 4.74 Å². The monoisotopic (exact) mass is 254 g/mol. The van der Waals surface area contributed by atoms with Crippen molar-refractivity contribution in [2.75, 3.05) is 0 Å². The van der Waals surface area contributed by atoms with Crippen LogP contribution in [0.25, 0.3) is 0 Å². The van der Waals surface area contributed by atoms with Crippen molar-refractivity contribution in [3.63, 3.8) is 0 Å². The molecule has 1 saturated carbocycles. The molecule has 3 heteroatoms. The van der Waals surface area contributed by atoms with Crippen LogP contribution >= 0.6 is 11.6 Å². The molecule has 1 aromatic rings. The largest absolute Gasteiger partial charge is 0.489 e. The fourth-order valence-corrected chi connectivity index (χ4v) is 3.21. The van der Waals surface area contributed by atoms with Crippen molar-refractivity contribution < 1.29 is 4.74 Å². The van der Waals surface area contributed by atoms with Gasteiger partial charge in [0.25, 0.3) is 0 Å². The molecule has 1 fully saturated rings. The van der Waals surface area contributed by atoms with Crippen molar-refractivity contribution in [3.8, 4) is 5.75 Å². The lowest BCUT2D eigenvalue weighted by Crippen LogP contribution is -2.37. The minimum Gasteiger partial charge on any atom is -0.489 e. The van der Waals surface area contributed by atoms with E-state index in [-0.39, 0.29) is 0 Å². The molecule has 0 N–H and O–H groups in total. The number of hydrogen-bond donors (Lipinski definition) is 0. The SMILES string of the molecule is C[Si](C)(C)c1ccc(OC2CCC2)c(Cl)c1. The van der Waals surface area contributed by atoms with Crippen LogP contribution < -0.4 is 9.92 Å². The van der Waals surface area contributed by atoms with Crippen molar-refractivity contribution >= 4 is 24.9 Å². The lowest BCUT2D eigenvalue weighted by molar-refractivity contribution is 0.120. The Kier molecular flexibility index (Phi) is 3.31. The van der Waals surface area contributed by atoms with Crippen LogP contribution in [0.1, 0.15) is 19.3 Å². The minimum atomic E-state index is -1.26. The summed E-state index contributed by atoms with van der Waals surface area (Å²) in [5.41, 5.74) is 0. The topological polar surface area (TPSA) is 9.23 Å². The molecule has 0 atom stereocenters. The molecule has 0 radical (unpaired) electrons. The molecule has 1 aliphatic carbocycles. The lowest BCUT2D eigenvalue weighted by Gasteiger charge is -2.27. The number of benzene rings is 1. The maximum absolute atomic E-state index is 6.26. The summed E-state index contributed by atoms with van der Waals surface area (Å²) in [5, 5.41) is 2.16. The van der Waals surface area contributed by atoms with Crippen molar-refractivity contribution in [2.45, 2.75) is 45.0 Å². The van der Waals surface area contributed by atoms with E-state index in [0.717, 1.165) is 10.8 Å². The van der Waals surface area contributed by atoms with Crippen molar-refractivity contribution in [2.24, 2.45) is 0 Å². The zero-order valence-corrected chi connectivity index (χ0v) is 12.0. The zero-order chi connectivity index (χ0) is 11.8. The van der Waals surface area contributed by atoms with Gasteiger partial charge in [-0.05, 0) is 31.4 Å². The Bertz CT molecular complexity index is 380. The first-order valence-corrected chi connectivity index (χ1v) is 9.81. The Hall–Kier alpha value is -0.473. The molecule has 0 aromatic heterocycles. The standard InChI is InChI=1S/C13H19ClOSi/c1-16(2,3)11-7-8-13(12(14)9-11)15-10-5-4-6-10/h7-10H,4-6H2,1-3H3. The molecule has 0 spiro atoms. The van der Waals surface area contributed by atoms with Gasteiger partial charge in [-0.3, -0.25) is 0 Å². The van der Waals surface area contributed by atoms with E-state index in [0.29, 0.717) is 6.10 Å². The Balaban J connectivity index is 2.15. The first-order chi connectivity index (χ1) is 7.47. The highest BCUT2D eigenvalue weighted by Gasteiger charge is 2.22. The average molecular weight is 255 g/mol. The van der Waals surface area contributed by atoms with Crippen molar-refractivity contribution in [1.29, 1.82) is 0 Å². The number of rotatable bonds is 3. The predicted octanol–water partition coefficient (Wildman–Crippen LogP) is 3.82. The first-order valence-electron chi connectivity index (χ1n) is 5.93. The molecule has 16 heavy (non-hydrogen) atoms. The molecule has 0 heterocycles. The van der Waals surface area contributed by atoms with Gasteiger partial charge in [-0.25, -0.2) is 0 Å². The summed E-state index contributed by atoms with van der Waals surface area (Å²) in [4.78, 5) is 0. The molecular weight excluding hydrogens is 236 g/mol. The van der Waals surface area contributed by atoms with E-state index >= 15 is 0 Å². The van der Waals surface area contributed by atoms with Gasteiger partial charge in [0.2, 0.25) is 0 Å². The summed E-state index contributed by atoms with van der Waals surface area (Å²) in [6.07, 6.45) is 4.03. The van der Waals surface area contributed by atoms with Crippen LogP contribution in [0.5, 0.6) is 5.75 Å². The summed E-state index contributed by atoms with van der Waals surface area (Å²) in [5.74, 6) is 0.855. The number of hydrogen-bond acceptors (Lipinski definition) is 1. The predicted molar refractivity (Wildman–Crippen MR) is 72.7 cm³/mol. The number of ether oxygens (including phenoxy) is 1. The molecule has 2 rings (SSSR count). The highest BCUT2D eigenvalue weighted by Crippen LogP contribution is 2.30. The Morgan fingerprint density at radius 1 is 1.25 bits per heavy atom. The van der Waals surface area contributed by atoms with E-state index in [1.54, 1.807) is 0 Å². The van der Waals surface area contributed by atoms with E-state index in [4.69, 9.17) is 16.3 Å². The second-order valence-corrected chi connectivity index (χ2v) is 11.1. The molecule has 0 bridgehead atoms. The van der Waals surface area contributed by atoms with Gasteiger partial charge in [0, 0.05) is 0 Å². The van der Waals surface area contributed by atoms with Crippen LogP contribution in [0.4, 0.5) is 0 Å². The van der Waals surface area contributed by atoms with Gasteiger partial charge in [0.15, 0.2) is 0 Å². The van der Waals surface area contributed by atoms with Gasteiger partial charge >= 0.3 is 0 Å². The van der Waals surface area contributed by atoms with Crippen molar-refractivity contribution in [1.82, 2.24) is 0 Å². The second kappa shape index (κ2) is 4.42. The second-order valence-electron chi connectivity index (χ2n) is 5.57. The third-order valence-corrected chi connectivity index (χ3v) is 5.48. The van der Waals surface area contributed by atoms with Crippen molar-refractivity contribution in [3.05, 3.63) is 23.2 Å². The summed E-state index contributed by atoms with van der Waals surface area (Å²) < 4.78 is 5.83. The van der Waals surface area contributed by atoms with Gasteiger partial charge in [0.1, 0.15) is 5.75 Å². The first kappa shape index (κ1) is 12.0. The van der Waals surface area contributed by atoms with E-state index < -0.39 is 8.07 Å². The van der Waals surface area contributed by atoms with Gasteiger partial charge in [0.05, 0.1) is 19.2 Å². The van der Waals surface area contributed by atoms with Crippen LogP contribution in [0.2, 0.25) is 24.7 Å². The maximum atomic E-state index is 6.26. The van der Waals surface area contributed by atoms with Crippen LogP contribution in [-0.2, 0) is 0 Å². The summed E-state index contributed by atoms with van der Waals surface area (Å²) in [7, 11) is -1.26.